The summed E-state index contributed by atoms with van der Waals surface area (Å²) in [5.74, 6) is 1.46. The van der Waals surface area contributed by atoms with Crippen molar-refractivity contribution < 1.29 is 9.84 Å². The van der Waals surface area contributed by atoms with E-state index in [4.69, 9.17) is 4.74 Å². The van der Waals surface area contributed by atoms with Gasteiger partial charge in [-0.2, -0.15) is 0 Å². The van der Waals surface area contributed by atoms with E-state index in [0.717, 1.165) is 18.7 Å². The number of nitrogens with zero attached hydrogens (tertiary/aromatic N) is 4. The topological polar surface area (TPSA) is 84.6 Å². The van der Waals surface area contributed by atoms with Gasteiger partial charge >= 0.3 is 0 Å². The Labute approximate surface area is 110 Å². The number of rotatable bonds is 3. The van der Waals surface area contributed by atoms with Crippen molar-refractivity contribution >= 4 is 11.5 Å². The molecule has 7 nitrogen and oxygen atoms in total. The standard InChI is InChI=1S/C12H17N5O2/c1-9-15-16-11-10(13-4-5-17(9)11)14-12(8-18)2-6-19-7-3-12/h4-5,18H,2-3,6-8H2,1H3,(H,13,14). The Morgan fingerprint density at radius 2 is 2.21 bits per heavy atom. The van der Waals surface area contributed by atoms with E-state index in [9.17, 15) is 5.11 Å². The fourth-order valence-corrected chi connectivity index (χ4v) is 2.37. The summed E-state index contributed by atoms with van der Waals surface area (Å²) in [5, 5.41) is 21.2. The van der Waals surface area contributed by atoms with E-state index in [1.54, 1.807) is 6.20 Å². The number of aromatic nitrogens is 4. The number of fused-ring (bicyclic) bond motifs is 1. The zero-order valence-corrected chi connectivity index (χ0v) is 10.8. The lowest BCUT2D eigenvalue weighted by molar-refractivity contribution is 0.0379. The van der Waals surface area contributed by atoms with Crippen LogP contribution < -0.4 is 5.32 Å². The Morgan fingerprint density at radius 3 is 2.95 bits per heavy atom. The summed E-state index contributed by atoms with van der Waals surface area (Å²) in [4.78, 5) is 4.32. The first-order valence-electron chi connectivity index (χ1n) is 6.37. The Kier molecular flexibility index (Phi) is 3.08. The van der Waals surface area contributed by atoms with Crippen LogP contribution >= 0.6 is 0 Å². The lowest BCUT2D eigenvalue weighted by atomic mass is 9.91. The Hall–Kier alpha value is -1.73. The highest BCUT2D eigenvalue weighted by molar-refractivity contribution is 5.63. The molecule has 1 aliphatic rings. The quantitative estimate of drug-likeness (QED) is 0.833. The molecule has 1 fully saturated rings. The molecular weight excluding hydrogens is 246 g/mol. The minimum atomic E-state index is -0.382. The number of aliphatic hydroxyl groups is 1. The van der Waals surface area contributed by atoms with Crippen LogP contribution in [0, 0.1) is 6.92 Å². The van der Waals surface area contributed by atoms with E-state index >= 15 is 0 Å². The van der Waals surface area contributed by atoms with Crippen LogP contribution in [0.3, 0.4) is 0 Å². The first-order valence-corrected chi connectivity index (χ1v) is 6.37. The van der Waals surface area contributed by atoms with Gasteiger partial charge < -0.3 is 15.2 Å². The van der Waals surface area contributed by atoms with Crippen LogP contribution in [0.25, 0.3) is 5.65 Å². The Balaban J connectivity index is 1.95. The van der Waals surface area contributed by atoms with Crippen LogP contribution in [0.4, 0.5) is 5.82 Å². The zero-order chi connectivity index (χ0) is 13.3. The van der Waals surface area contributed by atoms with Gasteiger partial charge in [0.1, 0.15) is 5.82 Å². The Bertz CT molecular complexity index is 577. The van der Waals surface area contributed by atoms with Crippen molar-refractivity contribution in [2.45, 2.75) is 25.3 Å². The summed E-state index contributed by atoms with van der Waals surface area (Å²) in [6.45, 7) is 3.22. The number of aliphatic hydroxyl groups excluding tert-OH is 1. The molecule has 1 aliphatic heterocycles. The highest BCUT2D eigenvalue weighted by atomic mass is 16.5. The van der Waals surface area contributed by atoms with Gasteiger partial charge in [-0.25, -0.2) is 4.98 Å². The molecule has 2 aromatic heterocycles. The highest BCUT2D eigenvalue weighted by Gasteiger charge is 2.33. The lowest BCUT2D eigenvalue weighted by Crippen LogP contribution is -2.47. The van der Waals surface area contributed by atoms with Crippen LogP contribution in [-0.4, -0.2) is 50.0 Å². The molecule has 3 rings (SSSR count). The molecule has 2 N–H and O–H groups in total. The molecule has 102 valence electrons. The summed E-state index contributed by atoms with van der Waals surface area (Å²) >= 11 is 0. The van der Waals surface area contributed by atoms with Gasteiger partial charge in [-0.3, -0.25) is 4.40 Å². The van der Waals surface area contributed by atoms with Crippen LogP contribution in [0.5, 0.6) is 0 Å². The average molecular weight is 263 g/mol. The van der Waals surface area contributed by atoms with Gasteiger partial charge in [0, 0.05) is 25.6 Å². The zero-order valence-electron chi connectivity index (χ0n) is 10.8. The van der Waals surface area contributed by atoms with Crippen molar-refractivity contribution in [1.29, 1.82) is 0 Å². The molecule has 0 spiro atoms. The normalized spacial score (nSPS) is 18.6. The second kappa shape index (κ2) is 4.75. The van der Waals surface area contributed by atoms with E-state index in [2.05, 4.69) is 20.5 Å². The summed E-state index contributed by atoms with van der Waals surface area (Å²) in [6.07, 6.45) is 5.03. The van der Waals surface area contributed by atoms with Crippen molar-refractivity contribution in [3.63, 3.8) is 0 Å². The van der Waals surface area contributed by atoms with Crippen LogP contribution in [0.1, 0.15) is 18.7 Å². The van der Waals surface area contributed by atoms with Gasteiger partial charge in [-0.15, -0.1) is 10.2 Å². The number of anilines is 1. The molecule has 0 bridgehead atoms. The minimum Gasteiger partial charge on any atom is -0.394 e. The van der Waals surface area contributed by atoms with E-state index in [1.165, 1.54) is 0 Å². The van der Waals surface area contributed by atoms with Gasteiger partial charge in [0.2, 0.25) is 5.65 Å². The third-order valence-corrected chi connectivity index (χ3v) is 3.63. The summed E-state index contributed by atoms with van der Waals surface area (Å²) in [7, 11) is 0. The lowest BCUT2D eigenvalue weighted by Gasteiger charge is -2.36. The largest absolute Gasteiger partial charge is 0.394 e. The number of nitrogens with one attached hydrogen (secondary N) is 1. The molecule has 3 heterocycles. The third-order valence-electron chi connectivity index (χ3n) is 3.63. The fraction of sp³-hybridized carbons (Fsp3) is 0.583. The van der Waals surface area contributed by atoms with Crippen molar-refractivity contribution in [2.24, 2.45) is 0 Å². The summed E-state index contributed by atoms with van der Waals surface area (Å²) in [6, 6.07) is 0. The van der Waals surface area contributed by atoms with Crippen LogP contribution in [0.2, 0.25) is 0 Å². The van der Waals surface area contributed by atoms with Crippen molar-refractivity contribution in [3.05, 3.63) is 18.2 Å². The van der Waals surface area contributed by atoms with Crippen molar-refractivity contribution in [1.82, 2.24) is 19.6 Å². The second-order valence-corrected chi connectivity index (χ2v) is 4.89. The predicted molar refractivity (Wildman–Crippen MR) is 69.0 cm³/mol. The molecule has 1 saturated heterocycles. The van der Waals surface area contributed by atoms with Gasteiger partial charge in [-0.05, 0) is 19.8 Å². The number of ether oxygens (including phenoxy) is 1. The smallest absolute Gasteiger partial charge is 0.203 e. The molecule has 19 heavy (non-hydrogen) atoms. The summed E-state index contributed by atoms with van der Waals surface area (Å²) < 4.78 is 7.23. The first kappa shape index (κ1) is 12.3. The molecule has 0 aromatic carbocycles. The first-order chi connectivity index (χ1) is 9.24. The average Bonchev–Trinajstić information content (AvgIpc) is 2.83. The van der Waals surface area contributed by atoms with Crippen molar-refractivity contribution in [3.8, 4) is 0 Å². The van der Waals surface area contributed by atoms with E-state index in [-0.39, 0.29) is 12.1 Å². The van der Waals surface area contributed by atoms with Gasteiger partial charge in [0.05, 0.1) is 12.1 Å². The third kappa shape index (κ3) is 2.15. The molecule has 0 radical (unpaired) electrons. The number of hydrogen-bond donors (Lipinski definition) is 2. The van der Waals surface area contributed by atoms with Crippen molar-refractivity contribution in [2.75, 3.05) is 25.1 Å². The molecule has 0 unspecified atom stereocenters. The van der Waals surface area contributed by atoms with E-state index in [1.807, 2.05) is 17.5 Å². The van der Waals surface area contributed by atoms with Crippen LogP contribution in [-0.2, 0) is 4.74 Å². The summed E-state index contributed by atoms with van der Waals surface area (Å²) in [5.41, 5.74) is 0.298. The van der Waals surface area contributed by atoms with E-state index < -0.39 is 0 Å². The van der Waals surface area contributed by atoms with Gasteiger partial charge in [-0.1, -0.05) is 0 Å². The van der Waals surface area contributed by atoms with Gasteiger partial charge in [0.15, 0.2) is 5.82 Å². The molecule has 2 aromatic rings. The highest BCUT2D eigenvalue weighted by Crippen LogP contribution is 2.26. The second-order valence-electron chi connectivity index (χ2n) is 4.89. The SMILES string of the molecule is Cc1nnc2c(NC3(CO)CCOCC3)nccn12. The molecular formula is C12H17N5O2. The maximum absolute atomic E-state index is 9.69. The fourth-order valence-electron chi connectivity index (χ4n) is 2.37. The van der Waals surface area contributed by atoms with Crippen LogP contribution in [0.15, 0.2) is 12.4 Å². The van der Waals surface area contributed by atoms with Gasteiger partial charge in [0.25, 0.3) is 0 Å². The monoisotopic (exact) mass is 263 g/mol. The predicted octanol–water partition coefficient (Wildman–Crippen LogP) is 0.386. The number of aryl methyl sites for hydroxylation is 1. The Morgan fingerprint density at radius 1 is 1.42 bits per heavy atom. The molecule has 7 heteroatoms. The molecule has 0 atom stereocenters. The molecule has 0 amide bonds. The minimum absolute atomic E-state index is 0.0478. The molecule has 0 saturated carbocycles. The molecule has 0 aliphatic carbocycles. The maximum atomic E-state index is 9.69. The maximum Gasteiger partial charge on any atom is 0.203 e. The number of hydrogen-bond acceptors (Lipinski definition) is 6. The van der Waals surface area contributed by atoms with E-state index in [0.29, 0.717) is 24.7 Å².